The first-order chi connectivity index (χ1) is 11.0. The van der Waals surface area contributed by atoms with Crippen LogP contribution in [0.5, 0.6) is 11.5 Å². The molecule has 0 bridgehead atoms. The van der Waals surface area contributed by atoms with Gasteiger partial charge in [0, 0.05) is 15.6 Å². The molecule has 0 heterocycles. The number of aryl methyl sites for hydroxylation is 1. The number of ether oxygens (including phenoxy) is 1. The molecule has 0 saturated carbocycles. The van der Waals surface area contributed by atoms with Gasteiger partial charge in [-0.25, -0.2) is 5.43 Å². The summed E-state index contributed by atoms with van der Waals surface area (Å²) in [7, 11) is 0. The minimum absolute atomic E-state index is 0.0142. The summed E-state index contributed by atoms with van der Waals surface area (Å²) < 4.78 is 5.33. The molecule has 120 valence electrons. The molecule has 0 aliphatic heterocycles. The summed E-state index contributed by atoms with van der Waals surface area (Å²) >= 11 is 11.7. The third kappa shape index (κ3) is 5.16. The van der Waals surface area contributed by atoms with Gasteiger partial charge in [-0.15, -0.1) is 0 Å². The largest absolute Gasteiger partial charge is 0.507 e. The fourth-order valence-electron chi connectivity index (χ4n) is 1.69. The fourth-order valence-corrected chi connectivity index (χ4v) is 1.99. The zero-order valence-electron chi connectivity index (χ0n) is 12.2. The smallest absolute Gasteiger partial charge is 0.277 e. The zero-order valence-corrected chi connectivity index (χ0v) is 13.7. The number of rotatable bonds is 5. The van der Waals surface area contributed by atoms with Crippen molar-refractivity contribution in [2.75, 3.05) is 6.61 Å². The Labute approximate surface area is 143 Å². The lowest BCUT2D eigenvalue weighted by molar-refractivity contribution is -0.123. The average Bonchev–Trinajstić information content (AvgIpc) is 2.52. The van der Waals surface area contributed by atoms with E-state index in [0.717, 1.165) is 5.56 Å². The van der Waals surface area contributed by atoms with E-state index in [1.165, 1.54) is 18.3 Å². The molecule has 0 unspecified atom stereocenters. The Balaban J connectivity index is 1.86. The van der Waals surface area contributed by atoms with Crippen LogP contribution >= 0.6 is 23.2 Å². The third-order valence-electron chi connectivity index (χ3n) is 2.88. The molecule has 0 fully saturated rings. The summed E-state index contributed by atoms with van der Waals surface area (Å²) in [6.45, 7) is 1.65. The molecule has 0 spiro atoms. The SMILES string of the molecule is Cc1cc(OCC(=O)N/N=C/c2cc(Cl)ccc2O)ccc1Cl. The Kier molecular flexibility index (Phi) is 5.84. The molecule has 2 aromatic carbocycles. The maximum absolute atomic E-state index is 11.6. The van der Waals surface area contributed by atoms with Crippen LogP contribution in [0.2, 0.25) is 10.0 Å². The number of phenolic OH excluding ortho intramolecular Hbond substituents is 1. The van der Waals surface area contributed by atoms with Gasteiger partial charge < -0.3 is 9.84 Å². The normalized spacial score (nSPS) is 10.7. The molecular formula is C16H14Cl2N2O3. The number of hydrogen-bond acceptors (Lipinski definition) is 4. The fraction of sp³-hybridized carbons (Fsp3) is 0.125. The van der Waals surface area contributed by atoms with E-state index in [4.69, 9.17) is 27.9 Å². The Morgan fingerprint density at radius 1 is 1.30 bits per heavy atom. The second kappa shape index (κ2) is 7.85. The summed E-state index contributed by atoms with van der Waals surface area (Å²) in [4.78, 5) is 11.6. The maximum atomic E-state index is 11.6. The number of halogens is 2. The van der Waals surface area contributed by atoms with Crippen LogP contribution in [0.3, 0.4) is 0 Å². The van der Waals surface area contributed by atoms with Crippen molar-refractivity contribution >= 4 is 35.3 Å². The van der Waals surface area contributed by atoms with E-state index < -0.39 is 5.91 Å². The second-order valence-electron chi connectivity index (χ2n) is 4.70. The number of hydrazone groups is 1. The molecule has 2 N–H and O–H groups in total. The van der Waals surface area contributed by atoms with Crippen LogP contribution in [0.25, 0.3) is 0 Å². The second-order valence-corrected chi connectivity index (χ2v) is 5.54. The van der Waals surface area contributed by atoms with Crippen LogP contribution < -0.4 is 10.2 Å². The molecule has 0 aliphatic carbocycles. The predicted octanol–water partition coefficient (Wildman–Crippen LogP) is 3.54. The number of carbonyl (C=O) groups is 1. The van der Waals surface area contributed by atoms with E-state index in [2.05, 4.69) is 10.5 Å². The van der Waals surface area contributed by atoms with Crippen molar-refractivity contribution in [3.8, 4) is 11.5 Å². The highest BCUT2D eigenvalue weighted by atomic mass is 35.5. The van der Waals surface area contributed by atoms with Crippen LogP contribution in [0.4, 0.5) is 0 Å². The maximum Gasteiger partial charge on any atom is 0.277 e. The van der Waals surface area contributed by atoms with Crippen molar-refractivity contribution < 1.29 is 14.6 Å². The van der Waals surface area contributed by atoms with Crippen molar-refractivity contribution in [1.82, 2.24) is 5.43 Å². The van der Waals surface area contributed by atoms with Crippen molar-refractivity contribution in [3.05, 3.63) is 57.6 Å². The van der Waals surface area contributed by atoms with Gasteiger partial charge in [-0.1, -0.05) is 23.2 Å². The van der Waals surface area contributed by atoms with Crippen molar-refractivity contribution in [2.45, 2.75) is 6.92 Å². The molecule has 0 saturated heterocycles. The van der Waals surface area contributed by atoms with Crippen molar-refractivity contribution in [1.29, 1.82) is 0 Å². The van der Waals surface area contributed by atoms with Gasteiger partial charge in [0.1, 0.15) is 11.5 Å². The minimum atomic E-state index is -0.435. The van der Waals surface area contributed by atoms with Crippen LogP contribution in [-0.4, -0.2) is 23.8 Å². The Morgan fingerprint density at radius 3 is 2.83 bits per heavy atom. The first kappa shape index (κ1) is 17.1. The molecular weight excluding hydrogens is 339 g/mol. The molecule has 0 aromatic heterocycles. The lowest BCUT2D eigenvalue weighted by Gasteiger charge is -2.06. The molecule has 0 atom stereocenters. The number of phenols is 1. The quantitative estimate of drug-likeness (QED) is 0.638. The molecule has 0 radical (unpaired) electrons. The van der Waals surface area contributed by atoms with Crippen LogP contribution in [-0.2, 0) is 4.79 Å². The highest BCUT2D eigenvalue weighted by molar-refractivity contribution is 6.31. The molecule has 1 amide bonds. The van der Waals surface area contributed by atoms with Gasteiger partial charge in [0.25, 0.3) is 5.91 Å². The number of benzene rings is 2. The Morgan fingerprint density at radius 2 is 2.09 bits per heavy atom. The standard InChI is InChI=1S/C16H14Cl2N2O3/c1-10-6-13(3-4-14(10)18)23-9-16(22)20-19-8-11-7-12(17)2-5-15(11)21/h2-8,21H,9H2,1H3,(H,20,22)/b19-8+. The molecule has 23 heavy (non-hydrogen) atoms. The van der Waals surface area contributed by atoms with Crippen molar-refractivity contribution in [3.63, 3.8) is 0 Å². The third-order valence-corrected chi connectivity index (χ3v) is 3.54. The predicted molar refractivity (Wildman–Crippen MR) is 90.5 cm³/mol. The highest BCUT2D eigenvalue weighted by Gasteiger charge is 2.04. The number of nitrogens with one attached hydrogen (secondary N) is 1. The molecule has 2 aromatic rings. The summed E-state index contributed by atoms with van der Waals surface area (Å²) in [5, 5.41) is 14.4. The number of nitrogens with zero attached hydrogens (tertiary/aromatic N) is 1. The molecule has 7 heteroatoms. The van der Waals surface area contributed by atoms with Crippen LogP contribution in [0.15, 0.2) is 41.5 Å². The summed E-state index contributed by atoms with van der Waals surface area (Å²) in [5.74, 6) is 0.120. The number of aromatic hydroxyl groups is 1. The van der Waals surface area contributed by atoms with E-state index in [-0.39, 0.29) is 12.4 Å². The van der Waals surface area contributed by atoms with Gasteiger partial charge in [-0.05, 0) is 48.9 Å². The number of carbonyl (C=O) groups excluding carboxylic acids is 1. The zero-order chi connectivity index (χ0) is 16.8. The van der Waals surface area contributed by atoms with Gasteiger partial charge in [0.05, 0.1) is 6.21 Å². The number of amides is 1. The highest BCUT2D eigenvalue weighted by Crippen LogP contribution is 2.21. The summed E-state index contributed by atoms with van der Waals surface area (Å²) in [5.41, 5.74) is 3.55. The monoisotopic (exact) mass is 352 g/mol. The number of hydrogen-bond donors (Lipinski definition) is 2. The molecule has 5 nitrogen and oxygen atoms in total. The van der Waals surface area contributed by atoms with E-state index in [9.17, 15) is 9.90 Å². The molecule has 0 aliphatic rings. The van der Waals surface area contributed by atoms with Gasteiger partial charge in [-0.2, -0.15) is 5.10 Å². The van der Waals surface area contributed by atoms with Crippen LogP contribution in [0.1, 0.15) is 11.1 Å². The van der Waals surface area contributed by atoms with Crippen molar-refractivity contribution in [2.24, 2.45) is 5.10 Å². The lowest BCUT2D eigenvalue weighted by Crippen LogP contribution is -2.24. The van der Waals surface area contributed by atoms with Gasteiger partial charge >= 0.3 is 0 Å². The first-order valence-electron chi connectivity index (χ1n) is 6.65. The van der Waals surface area contributed by atoms with Gasteiger partial charge in [0.2, 0.25) is 0 Å². The topological polar surface area (TPSA) is 70.9 Å². The average molecular weight is 353 g/mol. The van der Waals surface area contributed by atoms with Gasteiger partial charge in [-0.3, -0.25) is 4.79 Å². The lowest BCUT2D eigenvalue weighted by atomic mass is 10.2. The Hall–Kier alpha value is -2.24. The summed E-state index contributed by atoms with van der Waals surface area (Å²) in [6.07, 6.45) is 1.30. The van der Waals surface area contributed by atoms with Gasteiger partial charge in [0.15, 0.2) is 6.61 Å². The van der Waals surface area contributed by atoms with E-state index >= 15 is 0 Å². The van der Waals surface area contributed by atoms with E-state index in [1.54, 1.807) is 24.3 Å². The minimum Gasteiger partial charge on any atom is -0.507 e. The van der Waals surface area contributed by atoms with E-state index in [0.29, 0.717) is 21.4 Å². The van der Waals surface area contributed by atoms with E-state index in [1.807, 2.05) is 6.92 Å². The first-order valence-corrected chi connectivity index (χ1v) is 7.40. The molecule has 2 rings (SSSR count). The summed E-state index contributed by atoms with van der Waals surface area (Å²) in [6, 6.07) is 9.63. The van der Waals surface area contributed by atoms with Crippen LogP contribution in [0, 0.1) is 6.92 Å². The Bertz CT molecular complexity index is 748.